The van der Waals surface area contributed by atoms with E-state index in [9.17, 15) is 31.2 Å². The Kier molecular flexibility index (Phi) is 10.3. The van der Waals surface area contributed by atoms with E-state index in [1.807, 2.05) is 30.3 Å². The summed E-state index contributed by atoms with van der Waals surface area (Å²) < 4.78 is 64.9. The first-order valence-electron chi connectivity index (χ1n) is 11.6. The van der Waals surface area contributed by atoms with Crippen molar-refractivity contribution in [3.05, 3.63) is 65.7 Å². The molecule has 2 aromatic rings. The number of likely N-dealkylation sites (N-methyl/N-ethyl adjacent to an activating group) is 1. The van der Waals surface area contributed by atoms with Gasteiger partial charge in [-0.2, -0.15) is 13.2 Å². The largest absolute Gasteiger partial charge is 0.416 e. The van der Waals surface area contributed by atoms with Crippen molar-refractivity contribution in [2.45, 2.75) is 45.3 Å². The standard InChI is InChI=1S/C25H32F3N3O4S/c1-4-29-24(33)19(2)30(17-15-20-10-6-5-7-11-20)23(32)14-9-16-31(36(3,34)35)22-13-8-12-21(18-22)25(26,27)28/h5-8,10-13,18-19H,4,9,14-17H2,1-3H3,(H,29,33)/t19-/m1/s1. The molecule has 7 nitrogen and oxygen atoms in total. The zero-order valence-corrected chi connectivity index (χ0v) is 21.4. The van der Waals surface area contributed by atoms with Gasteiger partial charge in [0.15, 0.2) is 0 Å². The molecule has 2 amide bonds. The van der Waals surface area contributed by atoms with Crippen molar-refractivity contribution in [2.75, 3.05) is 30.2 Å². The molecule has 0 saturated heterocycles. The average Bonchev–Trinajstić information content (AvgIpc) is 2.81. The number of rotatable bonds is 12. The Morgan fingerprint density at radius 1 is 1.03 bits per heavy atom. The third-order valence-corrected chi connectivity index (χ3v) is 6.81. The first kappa shape index (κ1) is 29.2. The van der Waals surface area contributed by atoms with E-state index >= 15 is 0 Å². The van der Waals surface area contributed by atoms with Crippen LogP contribution in [0.3, 0.4) is 0 Å². The molecule has 0 bridgehead atoms. The van der Waals surface area contributed by atoms with Crippen LogP contribution < -0.4 is 9.62 Å². The fraction of sp³-hybridized carbons (Fsp3) is 0.440. The lowest BCUT2D eigenvalue weighted by atomic mass is 10.1. The molecule has 0 saturated carbocycles. The minimum atomic E-state index is -4.62. The lowest BCUT2D eigenvalue weighted by Gasteiger charge is -2.29. The SMILES string of the molecule is CCNC(=O)[C@@H](C)N(CCc1ccccc1)C(=O)CCCN(c1cccc(C(F)(F)F)c1)S(C)(=O)=O. The molecule has 0 heterocycles. The second-order valence-corrected chi connectivity index (χ2v) is 10.3. The fourth-order valence-corrected chi connectivity index (χ4v) is 4.69. The number of carbonyl (C=O) groups excluding carboxylic acids is 2. The zero-order valence-electron chi connectivity index (χ0n) is 20.6. The van der Waals surface area contributed by atoms with E-state index in [1.165, 1.54) is 11.0 Å². The summed E-state index contributed by atoms with van der Waals surface area (Å²) in [6.07, 6.45) is -3.21. The van der Waals surface area contributed by atoms with Crippen LogP contribution in [0.1, 0.15) is 37.8 Å². The second kappa shape index (κ2) is 12.8. The predicted octanol–water partition coefficient (Wildman–Crippen LogP) is 3.85. The van der Waals surface area contributed by atoms with Gasteiger partial charge in [0.05, 0.1) is 17.5 Å². The van der Waals surface area contributed by atoms with E-state index in [0.29, 0.717) is 13.0 Å². The van der Waals surface area contributed by atoms with Crippen molar-refractivity contribution in [1.29, 1.82) is 0 Å². The molecule has 0 radical (unpaired) electrons. The molecule has 198 valence electrons. The molecule has 0 aliphatic heterocycles. The lowest BCUT2D eigenvalue weighted by molar-refractivity contribution is -0.139. The van der Waals surface area contributed by atoms with Gasteiger partial charge >= 0.3 is 6.18 Å². The number of alkyl halides is 3. The average molecular weight is 528 g/mol. The van der Waals surface area contributed by atoms with Crippen LogP contribution in [0.2, 0.25) is 0 Å². The summed E-state index contributed by atoms with van der Waals surface area (Å²) in [5.74, 6) is -0.650. The van der Waals surface area contributed by atoms with E-state index in [0.717, 1.165) is 34.3 Å². The quantitative estimate of drug-likeness (QED) is 0.454. The molecule has 0 aliphatic carbocycles. The molecule has 2 aromatic carbocycles. The van der Waals surface area contributed by atoms with E-state index in [4.69, 9.17) is 0 Å². The number of anilines is 1. The normalized spacial score (nSPS) is 12.6. The summed E-state index contributed by atoms with van der Waals surface area (Å²) in [5, 5.41) is 2.70. The second-order valence-electron chi connectivity index (χ2n) is 8.38. The molecule has 2 rings (SSSR count). The number of hydrogen-bond acceptors (Lipinski definition) is 4. The van der Waals surface area contributed by atoms with Crippen LogP contribution in [0, 0.1) is 0 Å². The summed E-state index contributed by atoms with van der Waals surface area (Å²) in [7, 11) is -3.90. The van der Waals surface area contributed by atoms with Crippen LogP contribution in [0.15, 0.2) is 54.6 Å². The summed E-state index contributed by atoms with van der Waals surface area (Å²) in [6, 6.07) is 12.8. The van der Waals surface area contributed by atoms with Gasteiger partial charge in [-0.3, -0.25) is 13.9 Å². The summed E-state index contributed by atoms with van der Waals surface area (Å²) in [4.78, 5) is 27.0. The van der Waals surface area contributed by atoms with Gasteiger partial charge < -0.3 is 10.2 Å². The zero-order chi connectivity index (χ0) is 26.9. The number of nitrogens with one attached hydrogen (secondary N) is 1. The van der Waals surface area contributed by atoms with Crippen LogP contribution in [0.25, 0.3) is 0 Å². The maximum atomic E-state index is 13.1. The Labute approximate surface area is 210 Å². The highest BCUT2D eigenvalue weighted by Gasteiger charge is 2.32. The van der Waals surface area contributed by atoms with Gasteiger partial charge in [-0.1, -0.05) is 36.4 Å². The van der Waals surface area contributed by atoms with Gasteiger partial charge in [-0.15, -0.1) is 0 Å². The first-order chi connectivity index (χ1) is 16.8. The number of hydrogen-bond donors (Lipinski definition) is 1. The molecule has 0 fully saturated rings. The van der Waals surface area contributed by atoms with Gasteiger partial charge in [0.2, 0.25) is 21.8 Å². The highest BCUT2D eigenvalue weighted by atomic mass is 32.2. The topological polar surface area (TPSA) is 86.8 Å². The smallest absolute Gasteiger partial charge is 0.355 e. The highest BCUT2D eigenvalue weighted by Crippen LogP contribution is 2.32. The van der Waals surface area contributed by atoms with Crippen LogP contribution in [0.4, 0.5) is 18.9 Å². The third kappa shape index (κ3) is 8.54. The molecule has 36 heavy (non-hydrogen) atoms. The number of benzene rings is 2. The van der Waals surface area contributed by atoms with E-state index in [-0.39, 0.29) is 43.4 Å². The van der Waals surface area contributed by atoms with E-state index in [2.05, 4.69) is 5.32 Å². The van der Waals surface area contributed by atoms with Gasteiger partial charge in [0, 0.05) is 26.1 Å². The monoisotopic (exact) mass is 527 g/mol. The Balaban J connectivity index is 2.14. The predicted molar refractivity (Wildman–Crippen MR) is 133 cm³/mol. The Morgan fingerprint density at radius 3 is 2.28 bits per heavy atom. The van der Waals surface area contributed by atoms with Crippen LogP contribution in [0.5, 0.6) is 0 Å². The summed E-state index contributed by atoms with van der Waals surface area (Å²) in [5.41, 5.74) is -0.102. The van der Waals surface area contributed by atoms with Crippen LogP contribution in [-0.2, 0) is 32.2 Å². The molecule has 11 heteroatoms. The Hall–Kier alpha value is -3.08. The minimum Gasteiger partial charge on any atom is -0.355 e. The van der Waals surface area contributed by atoms with Crippen molar-refractivity contribution >= 4 is 27.5 Å². The molecule has 1 atom stereocenters. The third-order valence-electron chi connectivity index (χ3n) is 5.62. The van der Waals surface area contributed by atoms with Gasteiger partial charge in [-0.05, 0) is 50.5 Å². The minimum absolute atomic E-state index is 0.0616. The van der Waals surface area contributed by atoms with Crippen molar-refractivity contribution in [3.8, 4) is 0 Å². The van der Waals surface area contributed by atoms with E-state index < -0.39 is 27.8 Å². The van der Waals surface area contributed by atoms with Gasteiger partial charge in [0.25, 0.3) is 0 Å². The van der Waals surface area contributed by atoms with Crippen molar-refractivity contribution in [2.24, 2.45) is 0 Å². The maximum absolute atomic E-state index is 13.1. The molecular formula is C25H32F3N3O4S. The van der Waals surface area contributed by atoms with Crippen LogP contribution >= 0.6 is 0 Å². The van der Waals surface area contributed by atoms with Gasteiger partial charge in [0.1, 0.15) is 6.04 Å². The molecule has 1 N–H and O–H groups in total. The highest BCUT2D eigenvalue weighted by molar-refractivity contribution is 7.92. The van der Waals surface area contributed by atoms with Gasteiger partial charge in [-0.25, -0.2) is 8.42 Å². The number of halogens is 3. The Bertz CT molecular complexity index is 1120. The number of sulfonamides is 1. The number of carbonyl (C=O) groups is 2. The van der Waals surface area contributed by atoms with E-state index in [1.54, 1.807) is 13.8 Å². The molecule has 0 aromatic heterocycles. The fourth-order valence-electron chi connectivity index (χ4n) is 3.73. The first-order valence-corrected chi connectivity index (χ1v) is 13.5. The number of nitrogens with zero attached hydrogens (tertiary/aromatic N) is 2. The van der Waals surface area contributed by atoms with Crippen molar-refractivity contribution < 1.29 is 31.2 Å². The molecule has 0 spiro atoms. The summed E-state index contributed by atoms with van der Waals surface area (Å²) in [6.45, 7) is 3.90. The van der Waals surface area contributed by atoms with Crippen LogP contribution in [-0.4, -0.2) is 57.1 Å². The number of amides is 2. The molecule has 0 unspecified atom stereocenters. The Morgan fingerprint density at radius 2 is 1.69 bits per heavy atom. The van der Waals surface area contributed by atoms with Crippen molar-refractivity contribution in [3.63, 3.8) is 0 Å². The molecule has 0 aliphatic rings. The van der Waals surface area contributed by atoms with Crippen molar-refractivity contribution in [1.82, 2.24) is 10.2 Å². The summed E-state index contributed by atoms with van der Waals surface area (Å²) >= 11 is 0. The molecular weight excluding hydrogens is 495 g/mol. The lowest BCUT2D eigenvalue weighted by Crippen LogP contribution is -2.48. The maximum Gasteiger partial charge on any atom is 0.416 e.